The Balaban J connectivity index is 0.871. The number of aliphatic hydroxyl groups excluding tert-OH is 1. The van der Waals surface area contributed by atoms with E-state index >= 15 is 19.2 Å². The zero-order valence-electron chi connectivity index (χ0n) is 75.2. The number of nitrogens with zero attached hydrogens (tertiary/aromatic N) is 2. The monoisotopic (exact) mass is 1900 g/mol. The van der Waals surface area contributed by atoms with Gasteiger partial charge in [-0.15, -0.1) is 0 Å². The third kappa shape index (κ3) is 29.4. The SMILES string of the molecule is CCC(=O)N(C)c1cc(C/C(C)=C/C=C/[C@@H](OC)[C@@]2(O)C[C@@H]([C@@H](C)[C@@H]3O[C@@]3(C)[C@H](C)OC(=O)[C@H](C)N(C)C(=O)CCSSC[C@H](NC(=O)[C@@H]3CSSC[C@H](NC(=O)[C@H](N)Cc4ccccc4)C(=O)N[C@@H](Cc4ccc(O)cc4)C(=O)N[C@H](Cc4c[nH]c5ccccc45)C(=O)N[C@@H](CCCCN)C(=O)N[C@@H]([C@@H](C)O)C(=O)N3)C(=O)NC3CCCCC3)OC(=O)N2)cc(OC)c1Cl. The van der Waals surface area contributed by atoms with Gasteiger partial charge < -0.3 is 108 Å². The number of unbranched alkanes of at least 4 members (excludes halogenated alkanes) is 1. The Labute approximate surface area is 778 Å². The number of carbonyl (C=O) groups is 12. The number of amides is 11. The van der Waals surface area contributed by atoms with Crippen molar-refractivity contribution in [1.82, 2.24) is 57.7 Å². The van der Waals surface area contributed by atoms with E-state index in [1.54, 1.807) is 108 Å². The average molecular weight is 1900 g/mol. The lowest BCUT2D eigenvalue weighted by atomic mass is 9.84. The maximum atomic E-state index is 15.2. The molecule has 17 atom stereocenters. The Morgan fingerprint density at radius 1 is 0.777 bits per heavy atom. The van der Waals surface area contributed by atoms with Gasteiger partial charge in [-0.25, -0.2) is 9.59 Å². The van der Waals surface area contributed by atoms with Gasteiger partial charge in [0.25, 0.3) is 0 Å². The zero-order valence-corrected chi connectivity index (χ0v) is 79.2. The summed E-state index contributed by atoms with van der Waals surface area (Å²) < 4.78 is 29.2. The standard InChI is InChI=1S/C91H125ClN14O20S4/c1-12-75(109)106(9)71-43-58(44-72(122-10)77(71)92)40-51(2)24-23-32-74(123-11)91(121)46-73(125-89(120)104-91)52(3)79-90(7,126-79)55(6)124-88(119)53(4)105(8)76(110)37-39-127-128-48-68(84(115)96-60-27-17-14-18-28-60)101-86(117)70-50-130-129-49-69(100-80(111)63(94)41-56-25-15-13-16-26-56)85(116)98-66(42-57-33-35-61(108)36-34-57)82(113)99-67(45-59-47-95-64-30-20-19-29-62(59)64)83(114)97-65(31-21-22-38-93)81(112)103-78(54(5)107)87(118)102-70/h13,15-16,19-20,23-26,29-30,32-36,43-44,47,52-55,60,63,65-70,73-74,78-79,95,107-108,121H,12,14,17-18,21-22,27-28,31,37-42,45-46,48-50,93-94H2,1-11H3,(H,96,115)(H,97,114)(H,98,116)(H,99,113)(H,100,111)(H,101,117)(H,102,118)(H,103,112)(H,104,120)/b32-23+,51-24+/t52-,53+,54-,55+,63-,65+,66+,67-,68+,69+,70+,73+,74-,78+,79+,90+,91+/m1/s1. The number of methoxy groups -OCH3 is 2. The van der Waals surface area contributed by atoms with E-state index in [1.807, 2.05) is 37.3 Å². The van der Waals surface area contributed by atoms with Crippen molar-refractivity contribution >= 4 is 143 Å². The summed E-state index contributed by atoms with van der Waals surface area (Å²) in [6, 6.07) is 12.7. The quantitative estimate of drug-likeness (QED) is 0.00677. The Bertz CT molecular complexity index is 4800. The number of fused-ring (bicyclic) bond motifs is 1. The predicted octanol–water partition coefficient (Wildman–Crippen LogP) is 6.30. The lowest BCUT2D eigenvalue weighted by Crippen LogP contribution is -2.63. The summed E-state index contributed by atoms with van der Waals surface area (Å²) in [5, 5.41) is 59.7. The Morgan fingerprint density at radius 2 is 1.45 bits per heavy atom. The zero-order chi connectivity index (χ0) is 94.7. The number of hydrogen-bond donors (Lipinski definition) is 15. The summed E-state index contributed by atoms with van der Waals surface area (Å²) in [6.45, 7) is 11.8. The number of halogens is 1. The van der Waals surface area contributed by atoms with Crippen LogP contribution in [-0.4, -0.2) is 256 Å². The van der Waals surface area contributed by atoms with E-state index in [0.29, 0.717) is 64.2 Å². The number of allylic oxidation sites excluding steroid dienone is 3. The maximum absolute atomic E-state index is 15.2. The summed E-state index contributed by atoms with van der Waals surface area (Å²) in [4.78, 5) is 179. The first-order valence-electron chi connectivity index (χ1n) is 43.8. The van der Waals surface area contributed by atoms with Crippen molar-refractivity contribution in [3.63, 3.8) is 0 Å². The number of anilines is 1. The van der Waals surface area contributed by atoms with Crippen molar-refractivity contribution in [3.8, 4) is 11.5 Å². The second-order valence-electron chi connectivity index (χ2n) is 33.6. The molecule has 1 aliphatic carbocycles. The number of nitrogens with one attached hydrogen (secondary N) is 10. The van der Waals surface area contributed by atoms with Crippen molar-refractivity contribution in [3.05, 3.63) is 148 Å². The van der Waals surface area contributed by atoms with Gasteiger partial charge in [-0.1, -0.05) is 172 Å². The number of phenolic OH excluding ortho intramolecular Hbond substituents is 1. The van der Waals surface area contributed by atoms with Crippen molar-refractivity contribution in [2.24, 2.45) is 17.4 Å². The highest BCUT2D eigenvalue weighted by Gasteiger charge is 2.63. The van der Waals surface area contributed by atoms with Crippen LogP contribution >= 0.6 is 54.8 Å². The molecular weight excluding hydrogens is 1770 g/mol. The van der Waals surface area contributed by atoms with Gasteiger partial charge in [-0.05, 0) is 139 Å². The van der Waals surface area contributed by atoms with Gasteiger partial charge in [0.15, 0.2) is 5.72 Å². The second-order valence-corrected chi connectivity index (χ2v) is 39.1. The minimum atomic E-state index is -1.94. The van der Waals surface area contributed by atoms with Gasteiger partial charge in [-0.2, -0.15) is 0 Å². The van der Waals surface area contributed by atoms with Crippen molar-refractivity contribution < 1.29 is 96.5 Å². The topological polar surface area (TPSA) is 498 Å². The third-order valence-corrected chi connectivity index (χ3v) is 29.0. The summed E-state index contributed by atoms with van der Waals surface area (Å²) in [7, 11) is 10.3. The molecule has 9 rings (SSSR count). The number of esters is 1. The van der Waals surface area contributed by atoms with Gasteiger partial charge in [0, 0.05) is 105 Å². The molecular formula is C91H125ClN14O20S4. The fourth-order valence-corrected chi connectivity index (χ4v) is 20.4. The van der Waals surface area contributed by atoms with E-state index in [-0.39, 0.29) is 98.6 Å². The molecule has 0 spiro atoms. The van der Waals surface area contributed by atoms with E-state index in [0.717, 1.165) is 57.6 Å². The molecule has 3 aliphatic heterocycles. The number of nitrogens with two attached hydrogens (primary N) is 2. The summed E-state index contributed by atoms with van der Waals surface area (Å²) in [5.41, 5.74) is 14.1. The number of rotatable bonds is 38. The number of carbonyl (C=O) groups excluding carboxylic acids is 12. The van der Waals surface area contributed by atoms with Gasteiger partial charge in [0.05, 0.1) is 31.0 Å². The number of aromatic nitrogens is 1. The van der Waals surface area contributed by atoms with Gasteiger partial charge in [0.1, 0.15) is 88.8 Å². The minimum absolute atomic E-state index is 0.0471. The Hall–Kier alpha value is -9.61. The van der Waals surface area contributed by atoms with Gasteiger partial charge in [-0.3, -0.25) is 53.3 Å². The number of para-hydroxylation sites is 1. The molecule has 3 saturated heterocycles. The molecule has 130 heavy (non-hydrogen) atoms. The molecule has 11 amide bonds. The summed E-state index contributed by atoms with van der Waals surface area (Å²) >= 11 is 6.61. The lowest BCUT2D eigenvalue weighted by molar-refractivity contribution is -0.159. The average Bonchev–Trinajstić information content (AvgIpc) is 1.57. The summed E-state index contributed by atoms with van der Waals surface area (Å²) in [6.07, 6.45) is 5.65. The van der Waals surface area contributed by atoms with Crippen molar-refractivity contribution in [2.45, 2.75) is 247 Å². The Morgan fingerprint density at radius 3 is 2.13 bits per heavy atom. The van der Waals surface area contributed by atoms with Crippen LogP contribution < -0.4 is 69.0 Å². The number of cyclic esters (lactones) is 1. The summed E-state index contributed by atoms with van der Waals surface area (Å²) in [5.74, 6) is -8.73. The van der Waals surface area contributed by atoms with Crippen LogP contribution in [0.25, 0.3) is 10.9 Å². The first-order valence-corrected chi connectivity index (χ1v) is 49.1. The first kappa shape index (κ1) is 104. The number of aliphatic hydroxyl groups is 2. The number of likely N-dealkylation sites (N-methyl/N-ethyl adjacent to an activating group) is 1. The second kappa shape index (κ2) is 49.8. The number of hydrogen-bond acceptors (Lipinski definition) is 26. The molecule has 4 fully saturated rings. The number of alkyl carbamates (subject to hydrolysis) is 1. The number of epoxide rings is 1. The van der Waals surface area contributed by atoms with Gasteiger partial charge >= 0.3 is 12.1 Å². The van der Waals surface area contributed by atoms with Crippen molar-refractivity contribution in [1.29, 1.82) is 0 Å². The molecule has 1 aromatic heterocycles. The van der Waals surface area contributed by atoms with Crippen LogP contribution in [0.2, 0.25) is 5.02 Å². The molecule has 1 saturated carbocycles. The Kier molecular flexibility index (Phi) is 39.8. The van der Waals surface area contributed by atoms with Gasteiger partial charge in [0.2, 0.25) is 59.1 Å². The highest BCUT2D eigenvalue weighted by Crippen LogP contribution is 2.48. The number of aromatic hydroxyl groups is 1. The van der Waals surface area contributed by atoms with Crippen LogP contribution in [0, 0.1) is 5.92 Å². The molecule has 39 heteroatoms. The first-order chi connectivity index (χ1) is 62.0. The lowest BCUT2D eigenvalue weighted by Gasteiger charge is -2.42. The van der Waals surface area contributed by atoms with E-state index in [1.165, 1.54) is 78.6 Å². The van der Waals surface area contributed by atoms with Crippen LogP contribution in [0.1, 0.15) is 141 Å². The van der Waals surface area contributed by atoms with E-state index in [4.69, 9.17) is 46.8 Å². The fourth-order valence-electron chi connectivity index (χ4n) is 15.6. The molecule has 17 N–H and O–H groups in total. The van der Waals surface area contributed by atoms with Crippen LogP contribution in [0.5, 0.6) is 11.5 Å². The van der Waals surface area contributed by atoms with Crippen LogP contribution in [0.4, 0.5) is 10.5 Å². The van der Waals surface area contributed by atoms with E-state index in [9.17, 15) is 53.7 Å². The van der Waals surface area contributed by atoms with E-state index < -0.39 is 167 Å². The minimum Gasteiger partial charge on any atom is -0.508 e. The predicted molar refractivity (Wildman–Crippen MR) is 502 cm³/mol. The molecule has 710 valence electrons. The van der Waals surface area contributed by atoms with E-state index in [2.05, 4.69) is 52.8 Å². The molecule has 4 aliphatic rings. The number of ether oxygens (including phenoxy) is 5. The normalized spacial score (nSPS) is 23.9. The van der Waals surface area contributed by atoms with Crippen LogP contribution in [-0.2, 0) is 97.4 Å². The highest BCUT2D eigenvalue weighted by atomic mass is 35.5. The third-order valence-electron chi connectivity index (χ3n) is 23.8. The smallest absolute Gasteiger partial charge is 0.409 e. The molecule has 0 radical (unpaired) electrons. The number of aromatic amines is 1. The molecule has 4 aromatic carbocycles. The maximum Gasteiger partial charge on any atom is 0.409 e. The largest absolute Gasteiger partial charge is 0.508 e. The molecule has 0 unspecified atom stereocenters. The number of phenols is 1. The molecule has 34 nitrogen and oxygen atoms in total. The van der Waals surface area contributed by atoms with Crippen LogP contribution in [0.15, 0.2) is 121 Å². The molecule has 4 heterocycles. The fraction of sp³-hybridized carbons (Fsp3) is 0.538. The highest BCUT2D eigenvalue weighted by molar-refractivity contribution is 8.77. The molecule has 0 bridgehead atoms. The van der Waals surface area contributed by atoms with Crippen molar-refractivity contribution in [2.75, 3.05) is 62.8 Å². The number of benzene rings is 4. The molecule has 5 aromatic rings. The number of H-pyrrole nitrogens is 1. The van der Waals surface area contributed by atoms with Crippen LogP contribution in [0.3, 0.4) is 0 Å².